The van der Waals surface area contributed by atoms with Crippen molar-refractivity contribution < 1.29 is 18.8 Å². The summed E-state index contributed by atoms with van der Waals surface area (Å²) in [5.41, 5.74) is 2.22. The molecule has 148 valence electrons. The Kier molecular flexibility index (Phi) is 4.73. The summed E-state index contributed by atoms with van der Waals surface area (Å²) < 4.78 is 11.5. The fourth-order valence-electron chi connectivity index (χ4n) is 4.37. The predicted molar refractivity (Wildman–Crippen MR) is 116 cm³/mol. The first-order valence-corrected chi connectivity index (χ1v) is 10.8. The summed E-state index contributed by atoms with van der Waals surface area (Å²) in [5.74, 6) is 0.640. The van der Waals surface area contributed by atoms with Crippen molar-refractivity contribution in [1.29, 1.82) is 0 Å². The number of rotatable bonds is 5. The van der Waals surface area contributed by atoms with Gasteiger partial charge in [-0.25, -0.2) is 0 Å². The van der Waals surface area contributed by atoms with Crippen molar-refractivity contribution >= 4 is 44.9 Å². The van der Waals surface area contributed by atoms with Gasteiger partial charge in [0.1, 0.15) is 23.0 Å². The molecule has 1 aliphatic heterocycles. The number of para-hydroxylation sites is 1. The number of hydrogen-bond donors (Lipinski definition) is 2. The number of furan rings is 1. The second kappa shape index (κ2) is 7.54. The molecule has 5 nitrogen and oxygen atoms in total. The fourth-order valence-corrected chi connectivity index (χ4v) is 5.30. The van der Waals surface area contributed by atoms with E-state index in [4.69, 9.17) is 9.15 Å². The smallest absolute Gasteiger partial charge is 0.279 e. The van der Waals surface area contributed by atoms with Gasteiger partial charge in [-0.1, -0.05) is 24.3 Å². The largest absolute Gasteiger partial charge is 0.495 e. The van der Waals surface area contributed by atoms with E-state index in [1.165, 1.54) is 9.78 Å². The Hall–Kier alpha value is -2.83. The summed E-state index contributed by atoms with van der Waals surface area (Å²) >= 11 is 1.78. The summed E-state index contributed by atoms with van der Waals surface area (Å²) in [6, 6.07) is 16.4. The van der Waals surface area contributed by atoms with Crippen molar-refractivity contribution in [3.63, 3.8) is 0 Å². The van der Waals surface area contributed by atoms with Crippen LogP contribution in [0.4, 0.5) is 5.69 Å². The number of ether oxygens (including phenoxy) is 1. The van der Waals surface area contributed by atoms with E-state index in [-0.39, 0.29) is 5.91 Å². The lowest BCUT2D eigenvalue weighted by molar-refractivity contribution is -0.910. The van der Waals surface area contributed by atoms with Gasteiger partial charge in [0.25, 0.3) is 5.91 Å². The van der Waals surface area contributed by atoms with Crippen LogP contribution in [-0.2, 0) is 4.79 Å². The first kappa shape index (κ1) is 18.2. The minimum atomic E-state index is -0.00258. The van der Waals surface area contributed by atoms with Gasteiger partial charge in [0.05, 0.1) is 24.2 Å². The Balaban J connectivity index is 1.39. The monoisotopic (exact) mass is 407 g/mol. The first-order chi connectivity index (χ1) is 14.2. The molecule has 2 aromatic carbocycles. The van der Waals surface area contributed by atoms with E-state index in [2.05, 4.69) is 22.8 Å². The van der Waals surface area contributed by atoms with Gasteiger partial charge in [-0.05, 0) is 23.6 Å². The van der Waals surface area contributed by atoms with E-state index >= 15 is 0 Å². The van der Waals surface area contributed by atoms with Crippen LogP contribution < -0.4 is 15.0 Å². The highest BCUT2D eigenvalue weighted by Gasteiger charge is 2.32. The molecule has 1 amide bonds. The lowest BCUT2D eigenvalue weighted by Crippen LogP contribution is -3.11. The van der Waals surface area contributed by atoms with Gasteiger partial charge in [-0.15, -0.1) is 11.3 Å². The molecular weight excluding hydrogens is 384 g/mol. The standard InChI is InChI=1S/C23H22N2O3S/c1-27-21-12-16-15-6-2-3-8-19(15)28-20(16)13-17(21)24-23(26)14-25-10-4-7-18(25)22-9-5-11-29-22/h2-3,5-6,8-9,11-13,18H,4,7,10,14H2,1H3,(H,24,26)/p+1/t18-/m1/s1. The maximum Gasteiger partial charge on any atom is 0.279 e. The van der Waals surface area contributed by atoms with Gasteiger partial charge in [-0.2, -0.15) is 0 Å². The molecular formula is C23H23N2O3S+. The molecule has 1 fully saturated rings. The van der Waals surface area contributed by atoms with Crippen molar-refractivity contribution in [2.24, 2.45) is 0 Å². The van der Waals surface area contributed by atoms with Crippen molar-refractivity contribution in [2.45, 2.75) is 18.9 Å². The number of fused-ring (bicyclic) bond motifs is 3. The third-order valence-corrected chi connectivity index (χ3v) is 6.72. The van der Waals surface area contributed by atoms with Crippen LogP contribution >= 0.6 is 11.3 Å². The average Bonchev–Trinajstić information content (AvgIpc) is 3.46. The van der Waals surface area contributed by atoms with Crippen molar-refractivity contribution in [2.75, 3.05) is 25.5 Å². The maximum atomic E-state index is 12.8. The summed E-state index contributed by atoms with van der Waals surface area (Å²) in [6.45, 7) is 1.47. The topological polar surface area (TPSA) is 55.9 Å². The molecule has 2 atom stereocenters. The van der Waals surface area contributed by atoms with Crippen LogP contribution in [0.15, 0.2) is 58.3 Å². The average molecular weight is 408 g/mol. The lowest BCUT2D eigenvalue weighted by atomic mass is 10.1. The van der Waals surface area contributed by atoms with Crippen LogP contribution in [0.25, 0.3) is 21.9 Å². The van der Waals surface area contributed by atoms with Gasteiger partial charge in [0.15, 0.2) is 6.54 Å². The number of quaternary nitrogens is 1. The summed E-state index contributed by atoms with van der Waals surface area (Å²) in [7, 11) is 1.62. The molecule has 6 heteroatoms. The van der Waals surface area contributed by atoms with Crippen LogP contribution in [0.1, 0.15) is 23.8 Å². The van der Waals surface area contributed by atoms with Crippen LogP contribution in [0.3, 0.4) is 0 Å². The zero-order chi connectivity index (χ0) is 19.8. The molecule has 5 rings (SSSR count). The van der Waals surface area contributed by atoms with Gasteiger partial charge < -0.3 is 19.4 Å². The van der Waals surface area contributed by atoms with Gasteiger partial charge >= 0.3 is 0 Å². The van der Waals surface area contributed by atoms with E-state index in [0.717, 1.165) is 41.3 Å². The molecule has 0 bridgehead atoms. The number of nitrogens with one attached hydrogen (secondary N) is 2. The highest BCUT2D eigenvalue weighted by atomic mass is 32.1. The Bertz CT molecular complexity index is 1170. The zero-order valence-electron chi connectivity index (χ0n) is 16.2. The minimum Gasteiger partial charge on any atom is -0.495 e. The SMILES string of the molecule is COc1cc2c(cc1NC(=O)C[NH+]1CCC[C@@H]1c1cccs1)oc1ccccc12. The Morgan fingerprint density at radius 1 is 1.21 bits per heavy atom. The molecule has 1 aliphatic rings. The Labute approximate surface area is 172 Å². The number of thiophene rings is 1. The molecule has 0 saturated carbocycles. The fraction of sp³-hybridized carbons (Fsp3) is 0.261. The van der Waals surface area contributed by atoms with E-state index < -0.39 is 0 Å². The third-order valence-electron chi connectivity index (χ3n) is 5.73. The highest BCUT2D eigenvalue weighted by molar-refractivity contribution is 7.10. The molecule has 2 aromatic heterocycles. The number of anilines is 1. The molecule has 1 saturated heterocycles. The number of benzene rings is 2. The summed E-state index contributed by atoms with van der Waals surface area (Å²) in [6.07, 6.45) is 2.29. The van der Waals surface area contributed by atoms with E-state index in [1.54, 1.807) is 18.4 Å². The third kappa shape index (κ3) is 3.39. The molecule has 2 N–H and O–H groups in total. The van der Waals surface area contributed by atoms with Crippen molar-refractivity contribution in [3.05, 3.63) is 58.8 Å². The summed E-state index contributed by atoms with van der Waals surface area (Å²) in [5, 5.41) is 7.18. The second-order valence-electron chi connectivity index (χ2n) is 7.49. The first-order valence-electron chi connectivity index (χ1n) is 9.90. The molecule has 0 spiro atoms. The number of carbonyl (C=O) groups excluding carboxylic acids is 1. The van der Waals surface area contributed by atoms with Crippen molar-refractivity contribution in [1.82, 2.24) is 0 Å². The number of amides is 1. The predicted octanol–water partition coefficient (Wildman–Crippen LogP) is 4.01. The normalized spacial score (nSPS) is 19.1. The van der Waals surface area contributed by atoms with E-state index in [0.29, 0.717) is 24.0 Å². The maximum absolute atomic E-state index is 12.8. The second-order valence-corrected chi connectivity index (χ2v) is 8.47. The Morgan fingerprint density at radius 2 is 2.10 bits per heavy atom. The minimum absolute atomic E-state index is 0.00258. The molecule has 0 aliphatic carbocycles. The molecule has 0 radical (unpaired) electrons. The number of methoxy groups -OCH3 is 1. The zero-order valence-corrected chi connectivity index (χ0v) is 17.1. The van der Waals surface area contributed by atoms with Crippen molar-refractivity contribution in [3.8, 4) is 5.75 Å². The quantitative estimate of drug-likeness (QED) is 0.526. The number of likely N-dealkylation sites (tertiary alicyclic amines) is 1. The van der Waals surface area contributed by atoms with Crippen LogP contribution in [0.5, 0.6) is 5.75 Å². The van der Waals surface area contributed by atoms with Crippen LogP contribution in [0, 0.1) is 0 Å². The Morgan fingerprint density at radius 3 is 2.93 bits per heavy atom. The van der Waals surface area contributed by atoms with E-state index in [1.807, 2.05) is 36.4 Å². The molecule has 29 heavy (non-hydrogen) atoms. The lowest BCUT2D eigenvalue weighted by Gasteiger charge is -2.20. The molecule has 4 aromatic rings. The molecule has 3 heterocycles. The van der Waals surface area contributed by atoms with Gasteiger partial charge in [0, 0.05) is 29.7 Å². The molecule has 1 unspecified atom stereocenters. The number of hydrogen-bond acceptors (Lipinski definition) is 4. The van der Waals surface area contributed by atoms with Gasteiger partial charge in [-0.3, -0.25) is 4.79 Å². The highest BCUT2D eigenvalue weighted by Crippen LogP contribution is 2.36. The van der Waals surface area contributed by atoms with E-state index in [9.17, 15) is 4.79 Å². The van der Waals surface area contributed by atoms with Gasteiger partial charge in [0.2, 0.25) is 0 Å². The van der Waals surface area contributed by atoms with Crippen LogP contribution in [0.2, 0.25) is 0 Å². The number of carbonyl (C=O) groups is 1. The van der Waals surface area contributed by atoms with Crippen LogP contribution in [-0.4, -0.2) is 26.1 Å². The summed E-state index contributed by atoms with van der Waals surface area (Å²) in [4.78, 5) is 15.5.